The Hall–Kier alpha value is -2.69. The Morgan fingerprint density at radius 2 is 2.09 bits per heavy atom. The summed E-state index contributed by atoms with van der Waals surface area (Å²) in [5.74, 6) is 1.32. The number of phenolic OH excluding ortho intramolecular Hbond substituents is 1. The van der Waals surface area contributed by atoms with Crippen LogP contribution in [0.2, 0.25) is 0 Å². The van der Waals surface area contributed by atoms with E-state index in [1.54, 1.807) is 30.2 Å². The van der Waals surface area contributed by atoms with Crippen LogP contribution in [0.25, 0.3) is 0 Å². The van der Waals surface area contributed by atoms with Crippen molar-refractivity contribution in [3.8, 4) is 17.2 Å². The number of nitrogens with zero attached hydrogens (tertiary/aromatic N) is 1. The zero-order valence-electron chi connectivity index (χ0n) is 13.2. The highest BCUT2D eigenvalue weighted by atomic mass is 16.5. The number of phenols is 1. The van der Waals surface area contributed by atoms with Crippen molar-refractivity contribution >= 4 is 11.6 Å². The van der Waals surface area contributed by atoms with E-state index in [-0.39, 0.29) is 11.7 Å². The van der Waals surface area contributed by atoms with Gasteiger partial charge in [-0.05, 0) is 36.8 Å². The largest absolute Gasteiger partial charge is 0.508 e. The van der Waals surface area contributed by atoms with Crippen LogP contribution in [0, 0.1) is 0 Å². The summed E-state index contributed by atoms with van der Waals surface area (Å²) in [6.45, 7) is 2.47. The third-order valence-electron chi connectivity index (χ3n) is 3.92. The molecule has 1 heterocycles. The van der Waals surface area contributed by atoms with Crippen molar-refractivity contribution in [2.45, 2.75) is 19.4 Å². The Balaban J connectivity index is 1.89. The number of hydrogen-bond acceptors (Lipinski definition) is 4. The van der Waals surface area contributed by atoms with Crippen molar-refractivity contribution in [3.63, 3.8) is 0 Å². The normalized spacial score (nSPS) is 16.7. The molecular weight excluding hydrogens is 294 g/mol. The third kappa shape index (κ3) is 2.95. The lowest BCUT2D eigenvalue weighted by Gasteiger charge is -2.33. The molecule has 0 fully saturated rings. The van der Waals surface area contributed by atoms with E-state index in [0.717, 1.165) is 11.3 Å². The molecule has 0 saturated heterocycles. The first-order valence-corrected chi connectivity index (χ1v) is 7.56. The number of hydrogen-bond donors (Lipinski definition) is 1. The molecule has 0 spiro atoms. The molecule has 1 atom stereocenters. The topological polar surface area (TPSA) is 59.0 Å². The Morgan fingerprint density at radius 1 is 1.26 bits per heavy atom. The number of likely N-dealkylation sites (N-methyl/N-ethyl adjacent to an activating group) is 1. The average molecular weight is 313 g/mol. The minimum Gasteiger partial charge on any atom is -0.508 e. The molecule has 0 aliphatic carbocycles. The molecular formula is C18H19NO4. The van der Waals surface area contributed by atoms with E-state index >= 15 is 0 Å². The molecule has 0 aromatic heterocycles. The van der Waals surface area contributed by atoms with E-state index in [9.17, 15) is 9.90 Å². The number of amides is 1. The van der Waals surface area contributed by atoms with Crippen molar-refractivity contribution in [2.24, 2.45) is 0 Å². The van der Waals surface area contributed by atoms with Gasteiger partial charge in [-0.15, -0.1) is 0 Å². The molecule has 1 aliphatic rings. The van der Waals surface area contributed by atoms with E-state index in [0.29, 0.717) is 24.4 Å². The summed E-state index contributed by atoms with van der Waals surface area (Å²) in [5.41, 5.74) is 1.65. The summed E-state index contributed by atoms with van der Waals surface area (Å²) in [7, 11) is 1.61. The molecule has 0 radical (unpaired) electrons. The summed E-state index contributed by atoms with van der Waals surface area (Å²) in [5, 5.41) is 9.66. The molecule has 0 saturated carbocycles. The number of carbonyl (C=O) groups excluding carboxylic acids is 1. The summed E-state index contributed by atoms with van der Waals surface area (Å²) < 4.78 is 11.1. The maximum absolute atomic E-state index is 12.7. The number of carbonyl (C=O) groups is 1. The van der Waals surface area contributed by atoms with Crippen LogP contribution >= 0.6 is 0 Å². The van der Waals surface area contributed by atoms with Crippen LogP contribution in [0.3, 0.4) is 0 Å². The van der Waals surface area contributed by atoms with Gasteiger partial charge in [0.25, 0.3) is 5.91 Å². The summed E-state index contributed by atoms with van der Waals surface area (Å²) in [4.78, 5) is 14.4. The number of benzene rings is 2. The van der Waals surface area contributed by atoms with Crippen LogP contribution in [0.15, 0.2) is 42.5 Å². The molecule has 120 valence electrons. The van der Waals surface area contributed by atoms with E-state index < -0.39 is 6.10 Å². The van der Waals surface area contributed by atoms with E-state index in [1.807, 2.05) is 31.2 Å². The molecule has 1 aliphatic heterocycles. The zero-order valence-corrected chi connectivity index (χ0v) is 13.2. The first-order valence-electron chi connectivity index (χ1n) is 7.56. The molecule has 1 N–H and O–H groups in total. The summed E-state index contributed by atoms with van der Waals surface area (Å²) in [6.07, 6.45) is -0.168. The van der Waals surface area contributed by atoms with Crippen molar-refractivity contribution in [2.75, 3.05) is 18.6 Å². The van der Waals surface area contributed by atoms with Gasteiger partial charge >= 0.3 is 0 Å². The molecule has 2 aromatic carbocycles. The number of ether oxygens (including phenoxy) is 2. The fraction of sp³-hybridized carbons (Fsp3) is 0.278. The lowest BCUT2D eigenvalue weighted by atomic mass is 10.0. The monoisotopic (exact) mass is 313 g/mol. The highest BCUT2D eigenvalue weighted by Crippen LogP contribution is 2.37. The van der Waals surface area contributed by atoms with Crippen LogP contribution < -0.4 is 14.4 Å². The third-order valence-corrected chi connectivity index (χ3v) is 3.92. The number of rotatable bonds is 4. The maximum atomic E-state index is 12.7. The van der Waals surface area contributed by atoms with E-state index in [2.05, 4.69) is 0 Å². The second kappa shape index (κ2) is 6.20. The highest BCUT2D eigenvalue weighted by Gasteiger charge is 2.33. The van der Waals surface area contributed by atoms with Crippen LogP contribution in [0.4, 0.5) is 5.69 Å². The van der Waals surface area contributed by atoms with Crippen molar-refractivity contribution in [1.29, 1.82) is 0 Å². The lowest BCUT2D eigenvalue weighted by molar-refractivity contribution is -0.126. The molecule has 0 bridgehead atoms. The molecule has 23 heavy (non-hydrogen) atoms. The van der Waals surface area contributed by atoms with Gasteiger partial charge in [-0.2, -0.15) is 0 Å². The van der Waals surface area contributed by atoms with Gasteiger partial charge < -0.3 is 19.5 Å². The van der Waals surface area contributed by atoms with Gasteiger partial charge in [0.05, 0.1) is 12.8 Å². The average Bonchev–Trinajstić information content (AvgIpc) is 2.56. The van der Waals surface area contributed by atoms with Crippen LogP contribution in [0.1, 0.15) is 12.5 Å². The SMILES string of the molecule is CCN1C(=O)C(Cc2cccc(OC)c2)Oc2cc(O)ccc21. The van der Waals surface area contributed by atoms with Crippen LogP contribution in [0.5, 0.6) is 17.2 Å². The summed E-state index contributed by atoms with van der Waals surface area (Å²) in [6, 6.07) is 12.4. The van der Waals surface area contributed by atoms with Crippen LogP contribution in [-0.2, 0) is 11.2 Å². The van der Waals surface area contributed by atoms with Crippen LogP contribution in [-0.4, -0.2) is 30.8 Å². The van der Waals surface area contributed by atoms with Crippen molar-refractivity contribution in [1.82, 2.24) is 0 Å². The Bertz CT molecular complexity index is 729. The van der Waals surface area contributed by atoms with Crippen molar-refractivity contribution in [3.05, 3.63) is 48.0 Å². The molecule has 5 nitrogen and oxygen atoms in total. The highest BCUT2D eigenvalue weighted by molar-refractivity contribution is 6.00. The number of methoxy groups -OCH3 is 1. The van der Waals surface area contributed by atoms with Gasteiger partial charge in [0.15, 0.2) is 6.10 Å². The lowest BCUT2D eigenvalue weighted by Crippen LogP contribution is -2.46. The first-order chi connectivity index (χ1) is 11.1. The van der Waals surface area contributed by atoms with Gasteiger partial charge in [-0.1, -0.05) is 12.1 Å². The summed E-state index contributed by atoms with van der Waals surface area (Å²) >= 11 is 0. The minimum atomic E-state index is -0.614. The quantitative estimate of drug-likeness (QED) is 0.943. The van der Waals surface area contributed by atoms with E-state index in [4.69, 9.17) is 9.47 Å². The second-order valence-corrected chi connectivity index (χ2v) is 5.40. The fourth-order valence-corrected chi connectivity index (χ4v) is 2.79. The fourth-order valence-electron chi connectivity index (χ4n) is 2.79. The Morgan fingerprint density at radius 3 is 2.83 bits per heavy atom. The Labute approximate surface area is 135 Å². The molecule has 3 rings (SSSR count). The predicted octanol–water partition coefficient (Wildman–Crippen LogP) is 2.76. The number of anilines is 1. The smallest absolute Gasteiger partial charge is 0.268 e. The van der Waals surface area contributed by atoms with Gasteiger partial charge in [0.2, 0.25) is 0 Å². The van der Waals surface area contributed by atoms with Gasteiger partial charge in [-0.25, -0.2) is 0 Å². The van der Waals surface area contributed by atoms with Gasteiger partial charge in [0, 0.05) is 19.0 Å². The minimum absolute atomic E-state index is 0.0755. The van der Waals surface area contributed by atoms with Gasteiger partial charge in [-0.3, -0.25) is 4.79 Å². The molecule has 1 unspecified atom stereocenters. The number of fused-ring (bicyclic) bond motifs is 1. The maximum Gasteiger partial charge on any atom is 0.268 e. The molecule has 2 aromatic rings. The predicted molar refractivity (Wildman–Crippen MR) is 87.2 cm³/mol. The first kappa shape index (κ1) is 15.2. The van der Waals surface area contributed by atoms with Crippen molar-refractivity contribution < 1.29 is 19.4 Å². The molecule has 5 heteroatoms. The van der Waals surface area contributed by atoms with E-state index in [1.165, 1.54) is 0 Å². The second-order valence-electron chi connectivity index (χ2n) is 5.40. The zero-order chi connectivity index (χ0) is 16.4. The van der Waals surface area contributed by atoms with Gasteiger partial charge in [0.1, 0.15) is 17.2 Å². The Kier molecular flexibility index (Phi) is 4.10. The standard InChI is InChI=1S/C18H19NO4/c1-3-19-15-8-7-13(20)11-16(15)23-17(18(19)21)10-12-5-4-6-14(9-12)22-2/h4-9,11,17,20H,3,10H2,1-2H3. The number of aromatic hydroxyl groups is 1. The molecule has 1 amide bonds.